The Hall–Kier alpha value is -2.34. The summed E-state index contributed by atoms with van der Waals surface area (Å²) in [5.41, 5.74) is 1.13. The predicted molar refractivity (Wildman–Crippen MR) is 87.2 cm³/mol. The maximum absolute atomic E-state index is 12.6. The van der Waals surface area contributed by atoms with Gasteiger partial charge in [0, 0.05) is 45.0 Å². The number of hydrogen-bond donors (Lipinski definition) is 1. The highest BCUT2D eigenvalue weighted by Gasteiger charge is 2.27. The van der Waals surface area contributed by atoms with E-state index in [1.165, 1.54) is 0 Å². The lowest BCUT2D eigenvalue weighted by Crippen LogP contribution is -2.48. The van der Waals surface area contributed by atoms with Crippen LogP contribution in [0.2, 0.25) is 0 Å². The number of nitrogens with zero attached hydrogens (tertiary/aromatic N) is 3. The average molecular weight is 314 g/mol. The number of carbonyl (C=O) groups excluding carboxylic acids is 1. The molecule has 122 valence electrons. The Bertz CT molecular complexity index is 625. The highest BCUT2D eigenvalue weighted by molar-refractivity contribution is 5.76. The molecule has 1 fully saturated rings. The van der Waals surface area contributed by atoms with E-state index < -0.39 is 0 Å². The molecule has 0 saturated carbocycles. The number of amides is 1. The Morgan fingerprint density at radius 3 is 2.91 bits per heavy atom. The third-order valence-corrected chi connectivity index (χ3v) is 4.21. The number of benzene rings is 1. The van der Waals surface area contributed by atoms with Crippen LogP contribution in [0.15, 0.2) is 43.0 Å². The van der Waals surface area contributed by atoms with Crippen molar-refractivity contribution in [3.63, 3.8) is 0 Å². The first-order chi connectivity index (χ1) is 11.3. The van der Waals surface area contributed by atoms with Gasteiger partial charge in [-0.15, -0.1) is 0 Å². The SMILES string of the molecule is COc1ccc([C@@H]2CNCCN2C(=O)CCn2ccnc2)cc1. The van der Waals surface area contributed by atoms with Gasteiger partial charge in [-0.3, -0.25) is 4.79 Å². The molecular formula is C17H22N4O2. The number of aromatic nitrogens is 2. The van der Waals surface area contributed by atoms with Crippen LogP contribution in [0.5, 0.6) is 5.75 Å². The quantitative estimate of drug-likeness (QED) is 0.907. The van der Waals surface area contributed by atoms with Crippen molar-refractivity contribution in [2.24, 2.45) is 0 Å². The van der Waals surface area contributed by atoms with Gasteiger partial charge in [0.2, 0.25) is 5.91 Å². The fraction of sp³-hybridized carbons (Fsp3) is 0.412. The van der Waals surface area contributed by atoms with Gasteiger partial charge in [0.25, 0.3) is 0 Å². The molecule has 2 aromatic rings. The number of piperazine rings is 1. The highest BCUT2D eigenvalue weighted by Crippen LogP contribution is 2.25. The summed E-state index contributed by atoms with van der Waals surface area (Å²) < 4.78 is 7.14. The van der Waals surface area contributed by atoms with Crippen LogP contribution < -0.4 is 10.1 Å². The summed E-state index contributed by atoms with van der Waals surface area (Å²) in [4.78, 5) is 18.6. The normalized spacial score (nSPS) is 18.0. The molecule has 0 bridgehead atoms. The van der Waals surface area contributed by atoms with Crippen LogP contribution >= 0.6 is 0 Å². The molecule has 1 amide bonds. The molecule has 0 radical (unpaired) electrons. The number of carbonyl (C=O) groups is 1. The van der Waals surface area contributed by atoms with Gasteiger partial charge in [-0.1, -0.05) is 12.1 Å². The van der Waals surface area contributed by atoms with Crippen LogP contribution in [0.25, 0.3) is 0 Å². The van der Waals surface area contributed by atoms with Crippen molar-refractivity contribution in [2.45, 2.75) is 19.0 Å². The molecule has 0 unspecified atom stereocenters. The molecule has 1 aliphatic rings. The minimum atomic E-state index is 0.0740. The van der Waals surface area contributed by atoms with Gasteiger partial charge in [0.05, 0.1) is 19.5 Å². The minimum absolute atomic E-state index is 0.0740. The van der Waals surface area contributed by atoms with Crippen LogP contribution in [-0.2, 0) is 11.3 Å². The molecule has 1 saturated heterocycles. The zero-order valence-corrected chi connectivity index (χ0v) is 13.3. The van der Waals surface area contributed by atoms with Crippen LogP contribution in [0.4, 0.5) is 0 Å². The number of imidazole rings is 1. The van der Waals surface area contributed by atoms with Gasteiger partial charge in [0.1, 0.15) is 5.75 Å². The Morgan fingerprint density at radius 1 is 1.39 bits per heavy atom. The maximum atomic E-state index is 12.6. The third-order valence-electron chi connectivity index (χ3n) is 4.21. The topological polar surface area (TPSA) is 59.4 Å². The summed E-state index contributed by atoms with van der Waals surface area (Å²) in [5, 5.41) is 3.38. The van der Waals surface area contributed by atoms with E-state index in [-0.39, 0.29) is 11.9 Å². The molecule has 2 heterocycles. The largest absolute Gasteiger partial charge is 0.497 e. The predicted octanol–water partition coefficient (Wildman–Crippen LogP) is 1.45. The van der Waals surface area contributed by atoms with E-state index in [1.807, 2.05) is 39.9 Å². The number of rotatable bonds is 5. The lowest BCUT2D eigenvalue weighted by atomic mass is 10.0. The van der Waals surface area contributed by atoms with Crippen LogP contribution in [0, 0.1) is 0 Å². The maximum Gasteiger partial charge on any atom is 0.224 e. The molecular weight excluding hydrogens is 292 g/mol. The van der Waals surface area contributed by atoms with Gasteiger partial charge < -0.3 is 19.5 Å². The van der Waals surface area contributed by atoms with Gasteiger partial charge >= 0.3 is 0 Å². The van der Waals surface area contributed by atoms with Crippen LogP contribution in [0.3, 0.4) is 0 Å². The van der Waals surface area contributed by atoms with Gasteiger partial charge in [-0.2, -0.15) is 0 Å². The van der Waals surface area contributed by atoms with Gasteiger partial charge in [0.15, 0.2) is 0 Å². The van der Waals surface area contributed by atoms with Crippen molar-refractivity contribution < 1.29 is 9.53 Å². The van der Waals surface area contributed by atoms with Crippen molar-refractivity contribution >= 4 is 5.91 Å². The van der Waals surface area contributed by atoms with Crippen molar-refractivity contribution in [1.29, 1.82) is 0 Å². The Kier molecular flexibility index (Phi) is 4.92. The molecule has 1 aromatic carbocycles. The van der Waals surface area contributed by atoms with E-state index in [4.69, 9.17) is 4.74 Å². The van der Waals surface area contributed by atoms with Gasteiger partial charge in [-0.25, -0.2) is 4.98 Å². The lowest BCUT2D eigenvalue weighted by Gasteiger charge is -2.36. The second-order valence-electron chi connectivity index (χ2n) is 5.63. The Morgan fingerprint density at radius 2 is 2.22 bits per heavy atom. The zero-order chi connectivity index (χ0) is 16.1. The first-order valence-electron chi connectivity index (χ1n) is 7.88. The van der Waals surface area contributed by atoms with Crippen LogP contribution in [0.1, 0.15) is 18.0 Å². The molecule has 1 N–H and O–H groups in total. The summed E-state index contributed by atoms with van der Waals surface area (Å²) in [5.74, 6) is 1.01. The minimum Gasteiger partial charge on any atom is -0.497 e. The number of ether oxygens (including phenoxy) is 1. The van der Waals surface area contributed by atoms with E-state index in [0.29, 0.717) is 13.0 Å². The van der Waals surface area contributed by atoms with E-state index in [9.17, 15) is 4.79 Å². The molecule has 1 atom stereocenters. The summed E-state index contributed by atoms with van der Waals surface area (Å²) in [6.07, 6.45) is 5.84. The van der Waals surface area contributed by atoms with Crippen molar-refractivity contribution in [2.75, 3.05) is 26.7 Å². The molecule has 23 heavy (non-hydrogen) atoms. The highest BCUT2D eigenvalue weighted by atomic mass is 16.5. The van der Waals surface area contributed by atoms with Crippen molar-refractivity contribution in [3.8, 4) is 5.75 Å². The van der Waals surface area contributed by atoms with E-state index >= 15 is 0 Å². The lowest BCUT2D eigenvalue weighted by molar-refractivity contribution is -0.134. The number of methoxy groups -OCH3 is 1. The second-order valence-corrected chi connectivity index (χ2v) is 5.63. The van der Waals surface area contributed by atoms with E-state index in [2.05, 4.69) is 10.3 Å². The fourth-order valence-corrected chi connectivity index (χ4v) is 2.91. The second kappa shape index (κ2) is 7.28. The van der Waals surface area contributed by atoms with Crippen molar-refractivity contribution in [3.05, 3.63) is 48.5 Å². The fourth-order valence-electron chi connectivity index (χ4n) is 2.91. The zero-order valence-electron chi connectivity index (χ0n) is 13.3. The third kappa shape index (κ3) is 3.71. The molecule has 0 spiro atoms. The first kappa shape index (κ1) is 15.6. The first-order valence-corrected chi connectivity index (χ1v) is 7.88. The number of nitrogens with one attached hydrogen (secondary N) is 1. The smallest absolute Gasteiger partial charge is 0.224 e. The molecule has 1 aliphatic heterocycles. The summed E-state index contributed by atoms with van der Waals surface area (Å²) in [7, 11) is 1.66. The van der Waals surface area contributed by atoms with Crippen LogP contribution in [-0.4, -0.2) is 47.1 Å². The monoisotopic (exact) mass is 314 g/mol. The van der Waals surface area contributed by atoms with E-state index in [1.54, 1.807) is 19.6 Å². The molecule has 1 aromatic heterocycles. The Labute approximate surface area is 136 Å². The Balaban J connectivity index is 1.68. The molecule has 0 aliphatic carbocycles. The molecule has 3 rings (SSSR count). The standard InChI is InChI=1S/C17H22N4O2/c1-23-15-4-2-14(3-5-15)16-12-18-8-11-21(16)17(22)6-9-20-10-7-19-13-20/h2-5,7,10,13,16,18H,6,8-9,11-12H2,1H3/t16-/m0/s1. The summed E-state index contributed by atoms with van der Waals surface area (Å²) in [6.45, 7) is 3.02. The molecule has 6 heteroatoms. The number of hydrogen-bond acceptors (Lipinski definition) is 4. The van der Waals surface area contributed by atoms with Gasteiger partial charge in [-0.05, 0) is 17.7 Å². The molecule has 6 nitrogen and oxygen atoms in total. The summed E-state index contributed by atoms with van der Waals surface area (Å²) >= 11 is 0. The number of aryl methyl sites for hydroxylation is 1. The van der Waals surface area contributed by atoms with E-state index in [0.717, 1.165) is 30.9 Å². The average Bonchev–Trinajstić information content (AvgIpc) is 3.13. The summed E-state index contributed by atoms with van der Waals surface area (Å²) in [6, 6.07) is 8.03. The van der Waals surface area contributed by atoms with Crippen molar-refractivity contribution in [1.82, 2.24) is 19.8 Å².